The summed E-state index contributed by atoms with van der Waals surface area (Å²) in [6, 6.07) is 23.2. The van der Waals surface area contributed by atoms with Crippen LogP contribution in [0.4, 0.5) is 0 Å². The van der Waals surface area contributed by atoms with E-state index in [2.05, 4.69) is 16.9 Å². The average Bonchev–Trinajstić information content (AvgIpc) is 2.73. The van der Waals surface area contributed by atoms with Crippen molar-refractivity contribution in [2.75, 3.05) is 19.8 Å². The Morgan fingerprint density at radius 2 is 1.52 bits per heavy atom. The standard InChI is InChI=1S/C22H23NO3S/c24-27(25,21-11-10-18-6-4-5-7-19(18)16-21)23-17-22(12-14-26-15-13-22)20-8-2-1-3-9-20/h1-11,16,23H,12-15,17H2. The molecule has 1 aliphatic heterocycles. The van der Waals surface area contributed by atoms with Crippen molar-refractivity contribution < 1.29 is 13.2 Å². The van der Waals surface area contributed by atoms with Crippen LogP contribution in [0.2, 0.25) is 0 Å². The zero-order valence-electron chi connectivity index (χ0n) is 15.1. The lowest BCUT2D eigenvalue weighted by molar-refractivity contribution is 0.0517. The molecule has 4 nitrogen and oxygen atoms in total. The van der Waals surface area contributed by atoms with Crippen LogP contribution in [0.3, 0.4) is 0 Å². The molecule has 140 valence electrons. The van der Waals surface area contributed by atoms with Gasteiger partial charge in [-0.3, -0.25) is 0 Å². The zero-order chi connectivity index (χ0) is 18.7. The molecule has 0 unspecified atom stereocenters. The van der Waals surface area contributed by atoms with E-state index in [0.717, 1.165) is 29.2 Å². The number of benzene rings is 3. The van der Waals surface area contributed by atoms with E-state index in [-0.39, 0.29) is 5.41 Å². The fourth-order valence-electron chi connectivity index (χ4n) is 3.77. The smallest absolute Gasteiger partial charge is 0.240 e. The normalized spacial score (nSPS) is 17.0. The molecule has 1 N–H and O–H groups in total. The zero-order valence-corrected chi connectivity index (χ0v) is 15.9. The van der Waals surface area contributed by atoms with Gasteiger partial charge in [0, 0.05) is 25.2 Å². The van der Waals surface area contributed by atoms with Gasteiger partial charge in [0.15, 0.2) is 0 Å². The van der Waals surface area contributed by atoms with Crippen molar-refractivity contribution >= 4 is 20.8 Å². The molecule has 0 aliphatic carbocycles. The Morgan fingerprint density at radius 1 is 0.852 bits per heavy atom. The van der Waals surface area contributed by atoms with Gasteiger partial charge in [-0.05, 0) is 41.3 Å². The highest BCUT2D eigenvalue weighted by Crippen LogP contribution is 2.34. The fourth-order valence-corrected chi connectivity index (χ4v) is 4.93. The third-order valence-corrected chi connectivity index (χ3v) is 6.87. The molecule has 0 amide bonds. The second kappa shape index (κ2) is 7.43. The summed E-state index contributed by atoms with van der Waals surface area (Å²) >= 11 is 0. The molecule has 0 saturated carbocycles. The van der Waals surface area contributed by atoms with E-state index in [1.807, 2.05) is 48.5 Å². The third-order valence-electron chi connectivity index (χ3n) is 5.47. The first-order valence-corrected chi connectivity index (χ1v) is 10.7. The number of nitrogens with one attached hydrogen (secondary N) is 1. The van der Waals surface area contributed by atoms with E-state index >= 15 is 0 Å². The van der Waals surface area contributed by atoms with Gasteiger partial charge in [-0.2, -0.15) is 0 Å². The first kappa shape index (κ1) is 18.2. The summed E-state index contributed by atoms with van der Waals surface area (Å²) in [6.07, 6.45) is 1.61. The van der Waals surface area contributed by atoms with Gasteiger partial charge in [0.1, 0.15) is 0 Å². The van der Waals surface area contributed by atoms with Crippen LogP contribution in [0.15, 0.2) is 77.7 Å². The Hall–Kier alpha value is -2.21. The van der Waals surface area contributed by atoms with Crippen LogP contribution < -0.4 is 4.72 Å². The highest BCUT2D eigenvalue weighted by atomic mass is 32.2. The van der Waals surface area contributed by atoms with Crippen molar-refractivity contribution in [1.82, 2.24) is 4.72 Å². The van der Waals surface area contributed by atoms with Gasteiger partial charge >= 0.3 is 0 Å². The largest absolute Gasteiger partial charge is 0.381 e. The lowest BCUT2D eigenvalue weighted by Gasteiger charge is -2.37. The van der Waals surface area contributed by atoms with Crippen molar-refractivity contribution in [3.8, 4) is 0 Å². The van der Waals surface area contributed by atoms with Crippen molar-refractivity contribution in [2.24, 2.45) is 0 Å². The topological polar surface area (TPSA) is 55.4 Å². The van der Waals surface area contributed by atoms with E-state index in [1.165, 1.54) is 0 Å². The highest BCUT2D eigenvalue weighted by Gasteiger charge is 2.35. The molecule has 0 spiro atoms. The molecular formula is C22H23NO3S. The molecule has 4 rings (SSSR count). The number of ether oxygens (including phenoxy) is 1. The molecule has 5 heteroatoms. The second-order valence-corrected chi connectivity index (χ2v) is 8.86. The third kappa shape index (κ3) is 3.76. The molecule has 0 bridgehead atoms. The Labute approximate surface area is 160 Å². The van der Waals surface area contributed by atoms with Gasteiger partial charge in [-0.1, -0.05) is 60.7 Å². The molecule has 3 aromatic rings. The van der Waals surface area contributed by atoms with Gasteiger partial charge in [-0.15, -0.1) is 0 Å². The first-order chi connectivity index (χ1) is 13.1. The van der Waals surface area contributed by atoms with Crippen LogP contribution in [0.25, 0.3) is 10.8 Å². The first-order valence-electron chi connectivity index (χ1n) is 9.21. The van der Waals surface area contributed by atoms with E-state index < -0.39 is 10.0 Å². The average molecular weight is 381 g/mol. The number of fused-ring (bicyclic) bond motifs is 1. The van der Waals surface area contributed by atoms with Crippen LogP contribution in [-0.2, 0) is 20.2 Å². The monoisotopic (exact) mass is 381 g/mol. The van der Waals surface area contributed by atoms with Gasteiger partial charge in [0.25, 0.3) is 0 Å². The minimum Gasteiger partial charge on any atom is -0.381 e. The maximum absolute atomic E-state index is 12.9. The minimum atomic E-state index is -3.59. The van der Waals surface area contributed by atoms with E-state index in [1.54, 1.807) is 12.1 Å². The summed E-state index contributed by atoms with van der Waals surface area (Å²) in [6.45, 7) is 1.66. The molecule has 3 aromatic carbocycles. The molecule has 27 heavy (non-hydrogen) atoms. The summed E-state index contributed by atoms with van der Waals surface area (Å²) < 4.78 is 34.3. The summed E-state index contributed by atoms with van der Waals surface area (Å²) in [5.41, 5.74) is 0.929. The molecule has 0 atom stereocenters. The SMILES string of the molecule is O=S(=O)(NCC1(c2ccccc2)CCOCC1)c1ccc2ccccc2c1. The lowest BCUT2D eigenvalue weighted by Crippen LogP contribution is -2.44. The maximum Gasteiger partial charge on any atom is 0.240 e. The van der Waals surface area contributed by atoms with Gasteiger partial charge in [0.05, 0.1) is 4.90 Å². The molecule has 1 saturated heterocycles. The molecule has 1 fully saturated rings. The van der Waals surface area contributed by atoms with Crippen LogP contribution in [0, 0.1) is 0 Å². The number of rotatable bonds is 5. The fraction of sp³-hybridized carbons (Fsp3) is 0.273. The number of sulfonamides is 1. The maximum atomic E-state index is 12.9. The Bertz CT molecular complexity index is 1030. The second-order valence-electron chi connectivity index (χ2n) is 7.09. The summed E-state index contributed by atoms with van der Waals surface area (Å²) in [4.78, 5) is 0.302. The molecular weight excluding hydrogens is 358 g/mol. The van der Waals surface area contributed by atoms with E-state index in [4.69, 9.17) is 4.74 Å². The number of hydrogen-bond donors (Lipinski definition) is 1. The van der Waals surface area contributed by atoms with Crippen molar-refractivity contribution in [2.45, 2.75) is 23.2 Å². The van der Waals surface area contributed by atoms with Crippen molar-refractivity contribution in [3.63, 3.8) is 0 Å². The van der Waals surface area contributed by atoms with Gasteiger partial charge in [-0.25, -0.2) is 13.1 Å². The number of hydrogen-bond acceptors (Lipinski definition) is 3. The van der Waals surface area contributed by atoms with Crippen LogP contribution >= 0.6 is 0 Å². The van der Waals surface area contributed by atoms with E-state index in [9.17, 15) is 8.42 Å². The lowest BCUT2D eigenvalue weighted by atomic mass is 9.74. The van der Waals surface area contributed by atoms with Gasteiger partial charge in [0.2, 0.25) is 10.0 Å². The quantitative estimate of drug-likeness (QED) is 0.730. The Morgan fingerprint density at radius 3 is 2.26 bits per heavy atom. The predicted octanol–water partition coefficient (Wildman–Crippen LogP) is 3.87. The summed E-state index contributed by atoms with van der Waals surface area (Å²) in [7, 11) is -3.59. The van der Waals surface area contributed by atoms with Gasteiger partial charge < -0.3 is 4.74 Å². The van der Waals surface area contributed by atoms with Crippen LogP contribution in [-0.4, -0.2) is 28.2 Å². The van der Waals surface area contributed by atoms with Crippen molar-refractivity contribution in [3.05, 3.63) is 78.4 Å². The summed E-state index contributed by atoms with van der Waals surface area (Å²) in [5.74, 6) is 0. The highest BCUT2D eigenvalue weighted by molar-refractivity contribution is 7.89. The van der Waals surface area contributed by atoms with Crippen LogP contribution in [0.1, 0.15) is 18.4 Å². The summed E-state index contributed by atoms with van der Waals surface area (Å²) in [5, 5.41) is 1.95. The van der Waals surface area contributed by atoms with Crippen molar-refractivity contribution in [1.29, 1.82) is 0 Å². The molecule has 1 heterocycles. The molecule has 0 radical (unpaired) electrons. The minimum absolute atomic E-state index is 0.233. The van der Waals surface area contributed by atoms with Crippen LogP contribution in [0.5, 0.6) is 0 Å². The Balaban J connectivity index is 1.61. The predicted molar refractivity (Wildman–Crippen MR) is 107 cm³/mol. The van der Waals surface area contributed by atoms with E-state index in [0.29, 0.717) is 24.7 Å². The Kier molecular flexibility index (Phi) is 5.00. The molecule has 0 aromatic heterocycles. The molecule has 1 aliphatic rings.